The van der Waals surface area contributed by atoms with E-state index in [0.29, 0.717) is 5.56 Å². The minimum atomic E-state index is -0.329. The summed E-state index contributed by atoms with van der Waals surface area (Å²) in [5.74, 6) is -0.732. The molecular weight excluding hydrogens is 264 g/mol. The zero-order valence-electron chi connectivity index (χ0n) is 11.6. The summed E-state index contributed by atoms with van der Waals surface area (Å²) in [7, 11) is 0. The van der Waals surface area contributed by atoms with E-state index in [1.54, 1.807) is 24.3 Å². The second-order valence-electron chi connectivity index (χ2n) is 4.88. The number of carbonyl (C=O) groups is 3. The fraction of sp³-hybridized carbons (Fsp3) is 0.167. The molecule has 106 valence electrons. The largest absolute Gasteiger partial charge is 0.299 e. The lowest BCUT2D eigenvalue weighted by atomic mass is 10.0. The van der Waals surface area contributed by atoms with Crippen LogP contribution < -0.4 is 0 Å². The highest BCUT2D eigenvalue weighted by Gasteiger charge is 2.15. The summed E-state index contributed by atoms with van der Waals surface area (Å²) in [4.78, 5) is 35.5. The molecular formula is C18H16O3. The minimum absolute atomic E-state index is 0.160. The van der Waals surface area contributed by atoms with Crippen molar-refractivity contribution in [3.63, 3.8) is 0 Å². The van der Waals surface area contributed by atoms with Gasteiger partial charge in [0.1, 0.15) is 11.6 Å². The van der Waals surface area contributed by atoms with Gasteiger partial charge in [0.25, 0.3) is 0 Å². The lowest BCUT2D eigenvalue weighted by molar-refractivity contribution is -0.126. The van der Waals surface area contributed by atoms with E-state index >= 15 is 0 Å². The molecule has 0 saturated carbocycles. The van der Waals surface area contributed by atoms with Crippen molar-refractivity contribution in [2.45, 2.75) is 19.3 Å². The van der Waals surface area contributed by atoms with E-state index < -0.39 is 0 Å². The fourth-order valence-electron chi connectivity index (χ4n) is 2.07. The van der Waals surface area contributed by atoms with Gasteiger partial charge < -0.3 is 0 Å². The Morgan fingerprint density at radius 3 is 1.86 bits per heavy atom. The third-order valence-electron chi connectivity index (χ3n) is 3.09. The van der Waals surface area contributed by atoms with Gasteiger partial charge in [0, 0.05) is 12.0 Å². The molecule has 21 heavy (non-hydrogen) atoms. The molecule has 0 saturated heterocycles. The first-order chi connectivity index (χ1) is 10.1. The van der Waals surface area contributed by atoms with Gasteiger partial charge in [-0.05, 0) is 5.56 Å². The molecule has 3 heteroatoms. The summed E-state index contributed by atoms with van der Waals surface area (Å²) in [6.07, 6.45) is -0.176. The van der Waals surface area contributed by atoms with Gasteiger partial charge in [0.15, 0.2) is 5.78 Å². The Bertz CT molecular complexity index is 630. The fourth-order valence-corrected chi connectivity index (χ4v) is 2.07. The van der Waals surface area contributed by atoms with Gasteiger partial charge in [-0.3, -0.25) is 14.4 Å². The van der Waals surface area contributed by atoms with Crippen LogP contribution in [0.5, 0.6) is 0 Å². The molecule has 0 amide bonds. The van der Waals surface area contributed by atoms with Crippen molar-refractivity contribution in [2.75, 3.05) is 0 Å². The van der Waals surface area contributed by atoms with E-state index in [1.165, 1.54) is 0 Å². The zero-order valence-corrected chi connectivity index (χ0v) is 11.6. The van der Waals surface area contributed by atoms with Gasteiger partial charge >= 0.3 is 0 Å². The number of rotatable bonds is 7. The summed E-state index contributed by atoms with van der Waals surface area (Å²) in [6, 6.07) is 17.9. The van der Waals surface area contributed by atoms with Gasteiger partial charge in [0.05, 0.1) is 12.8 Å². The van der Waals surface area contributed by atoms with Crippen molar-refractivity contribution < 1.29 is 14.4 Å². The molecule has 2 aromatic rings. The number of ketones is 3. The van der Waals surface area contributed by atoms with E-state index in [0.717, 1.165) is 5.56 Å². The summed E-state index contributed by atoms with van der Waals surface area (Å²) in [5, 5.41) is 0. The highest BCUT2D eigenvalue weighted by atomic mass is 16.2. The number of Topliss-reactive ketones (excluding diaryl/α,β-unsaturated/α-hetero) is 3. The van der Waals surface area contributed by atoms with E-state index in [2.05, 4.69) is 0 Å². The van der Waals surface area contributed by atoms with Crippen molar-refractivity contribution in [3.8, 4) is 0 Å². The molecule has 0 N–H and O–H groups in total. The summed E-state index contributed by atoms with van der Waals surface area (Å²) < 4.78 is 0. The van der Waals surface area contributed by atoms with Crippen LogP contribution in [0.3, 0.4) is 0 Å². The Morgan fingerprint density at radius 1 is 0.667 bits per heavy atom. The summed E-state index contributed by atoms with van der Waals surface area (Å²) in [5.41, 5.74) is 1.38. The molecule has 0 radical (unpaired) electrons. The molecule has 0 bridgehead atoms. The highest BCUT2D eigenvalue weighted by Crippen LogP contribution is 2.07. The number of hydrogen-bond donors (Lipinski definition) is 0. The Balaban J connectivity index is 1.84. The monoisotopic (exact) mass is 280 g/mol. The summed E-state index contributed by atoms with van der Waals surface area (Å²) in [6.45, 7) is 0. The number of benzene rings is 2. The van der Waals surface area contributed by atoms with Gasteiger partial charge in [-0.25, -0.2) is 0 Å². The van der Waals surface area contributed by atoms with E-state index in [-0.39, 0.29) is 36.6 Å². The van der Waals surface area contributed by atoms with Crippen molar-refractivity contribution in [3.05, 3.63) is 71.8 Å². The lowest BCUT2D eigenvalue weighted by Gasteiger charge is -2.02. The van der Waals surface area contributed by atoms with Crippen molar-refractivity contribution in [2.24, 2.45) is 0 Å². The predicted octanol–water partition coefficient (Wildman–Crippen LogP) is 3.03. The Hall–Kier alpha value is -2.55. The Kier molecular flexibility index (Phi) is 5.16. The minimum Gasteiger partial charge on any atom is -0.299 e. The normalized spacial score (nSPS) is 10.1. The quantitative estimate of drug-likeness (QED) is 0.578. The molecule has 0 unspecified atom stereocenters. The molecule has 0 aliphatic heterocycles. The SMILES string of the molecule is O=C(CC(=O)Cc1ccccc1)CC(=O)c1ccccc1. The van der Waals surface area contributed by atoms with E-state index in [9.17, 15) is 14.4 Å². The highest BCUT2D eigenvalue weighted by molar-refractivity contribution is 6.12. The first-order valence-electron chi connectivity index (χ1n) is 6.81. The maximum atomic E-state index is 11.9. The van der Waals surface area contributed by atoms with Crippen LogP contribution in [0.15, 0.2) is 60.7 Å². The van der Waals surface area contributed by atoms with Gasteiger partial charge in [-0.2, -0.15) is 0 Å². The molecule has 2 rings (SSSR count). The molecule has 0 aliphatic carbocycles. The first kappa shape index (κ1) is 14.9. The van der Waals surface area contributed by atoms with Crippen molar-refractivity contribution in [1.29, 1.82) is 0 Å². The van der Waals surface area contributed by atoms with Gasteiger partial charge in [-0.1, -0.05) is 60.7 Å². The van der Waals surface area contributed by atoms with Crippen LogP contribution >= 0.6 is 0 Å². The zero-order chi connectivity index (χ0) is 15.1. The van der Waals surface area contributed by atoms with Crippen LogP contribution in [0.2, 0.25) is 0 Å². The molecule has 0 spiro atoms. The van der Waals surface area contributed by atoms with Gasteiger partial charge in [-0.15, -0.1) is 0 Å². The number of hydrogen-bond acceptors (Lipinski definition) is 3. The van der Waals surface area contributed by atoms with E-state index in [4.69, 9.17) is 0 Å². The second-order valence-corrected chi connectivity index (χ2v) is 4.88. The van der Waals surface area contributed by atoms with Crippen LogP contribution in [-0.2, 0) is 16.0 Å². The first-order valence-corrected chi connectivity index (χ1v) is 6.81. The average molecular weight is 280 g/mol. The van der Waals surface area contributed by atoms with Crippen LogP contribution in [-0.4, -0.2) is 17.3 Å². The predicted molar refractivity (Wildman–Crippen MR) is 80.2 cm³/mol. The molecule has 0 aromatic heterocycles. The van der Waals surface area contributed by atoms with Crippen LogP contribution in [0, 0.1) is 0 Å². The van der Waals surface area contributed by atoms with E-state index in [1.807, 2.05) is 36.4 Å². The molecule has 0 aliphatic rings. The standard InChI is InChI=1S/C18H16O3/c19-16(11-14-7-3-1-4-8-14)12-17(20)13-18(21)15-9-5-2-6-10-15/h1-10H,11-13H2. The van der Waals surface area contributed by atoms with Crippen molar-refractivity contribution >= 4 is 17.3 Å². The molecule has 0 heterocycles. The Morgan fingerprint density at radius 2 is 1.24 bits per heavy atom. The lowest BCUT2D eigenvalue weighted by Crippen LogP contribution is -2.14. The number of carbonyl (C=O) groups excluding carboxylic acids is 3. The Labute approximate surface area is 123 Å². The molecule has 0 fully saturated rings. The summed E-state index contributed by atoms with van der Waals surface area (Å²) >= 11 is 0. The second kappa shape index (κ2) is 7.29. The maximum absolute atomic E-state index is 11.9. The van der Waals surface area contributed by atoms with Crippen molar-refractivity contribution in [1.82, 2.24) is 0 Å². The van der Waals surface area contributed by atoms with Gasteiger partial charge in [0.2, 0.25) is 0 Å². The topological polar surface area (TPSA) is 51.2 Å². The third-order valence-corrected chi connectivity index (χ3v) is 3.09. The van der Waals surface area contributed by atoms with Crippen LogP contribution in [0.1, 0.15) is 28.8 Å². The molecule has 3 nitrogen and oxygen atoms in total. The molecule has 0 atom stereocenters. The molecule has 2 aromatic carbocycles. The van der Waals surface area contributed by atoms with Crippen LogP contribution in [0.25, 0.3) is 0 Å². The smallest absolute Gasteiger partial charge is 0.170 e. The average Bonchev–Trinajstić information content (AvgIpc) is 2.48. The van der Waals surface area contributed by atoms with Crippen LogP contribution in [0.4, 0.5) is 0 Å². The maximum Gasteiger partial charge on any atom is 0.170 e. The third kappa shape index (κ3) is 4.80.